The lowest BCUT2D eigenvalue weighted by Crippen LogP contribution is -2.00. The van der Waals surface area contributed by atoms with E-state index in [1.165, 1.54) is 0 Å². The van der Waals surface area contributed by atoms with Gasteiger partial charge in [0.15, 0.2) is 11.5 Å². The highest BCUT2D eigenvalue weighted by Crippen LogP contribution is 2.40. The molecule has 112 valence electrons. The standard InChI is InChI=1S/C16H18ClNO3/c1-10-8-11(2)18-16(12(10)9-17)21-15-13(19-3)6-5-7-14(15)20-4/h5-8H,9H2,1-4H3. The molecule has 0 bridgehead atoms. The second-order valence-corrected chi connectivity index (χ2v) is 4.86. The van der Waals surface area contributed by atoms with Gasteiger partial charge >= 0.3 is 0 Å². The average Bonchev–Trinajstić information content (AvgIpc) is 2.47. The van der Waals surface area contributed by atoms with Gasteiger partial charge in [0.25, 0.3) is 0 Å². The highest BCUT2D eigenvalue weighted by atomic mass is 35.5. The zero-order valence-corrected chi connectivity index (χ0v) is 13.3. The topological polar surface area (TPSA) is 40.6 Å². The van der Waals surface area contributed by atoms with E-state index in [1.54, 1.807) is 26.4 Å². The number of hydrogen-bond acceptors (Lipinski definition) is 4. The monoisotopic (exact) mass is 307 g/mol. The molecule has 0 aliphatic carbocycles. The third kappa shape index (κ3) is 3.22. The van der Waals surface area contributed by atoms with Gasteiger partial charge in [-0.15, -0.1) is 11.6 Å². The van der Waals surface area contributed by atoms with Gasteiger partial charge in [0, 0.05) is 11.3 Å². The zero-order chi connectivity index (χ0) is 15.4. The molecule has 21 heavy (non-hydrogen) atoms. The van der Waals surface area contributed by atoms with Gasteiger partial charge in [-0.3, -0.25) is 0 Å². The van der Waals surface area contributed by atoms with Crippen molar-refractivity contribution in [1.29, 1.82) is 0 Å². The molecule has 0 N–H and O–H groups in total. The number of nitrogens with zero attached hydrogens (tertiary/aromatic N) is 1. The Balaban J connectivity index is 2.52. The Bertz CT molecular complexity index is 621. The van der Waals surface area contributed by atoms with Crippen molar-refractivity contribution in [3.05, 3.63) is 41.1 Å². The number of rotatable bonds is 5. The Kier molecular flexibility index (Phi) is 4.91. The number of para-hydroxylation sites is 1. The minimum absolute atomic E-state index is 0.325. The number of halogens is 1. The van der Waals surface area contributed by atoms with Crippen molar-refractivity contribution in [2.45, 2.75) is 19.7 Å². The number of aromatic nitrogens is 1. The third-order valence-electron chi connectivity index (χ3n) is 3.15. The predicted octanol–water partition coefficient (Wildman–Crippen LogP) is 4.25. The molecule has 0 fully saturated rings. The molecule has 1 heterocycles. The van der Waals surface area contributed by atoms with Crippen LogP contribution in [0.1, 0.15) is 16.8 Å². The Morgan fingerprint density at radius 2 is 1.71 bits per heavy atom. The molecule has 0 aliphatic heterocycles. The van der Waals surface area contributed by atoms with Crippen LogP contribution in [0.4, 0.5) is 0 Å². The van der Waals surface area contributed by atoms with E-state index in [2.05, 4.69) is 4.98 Å². The summed E-state index contributed by atoms with van der Waals surface area (Å²) in [5, 5.41) is 0. The van der Waals surface area contributed by atoms with Gasteiger partial charge in [-0.25, -0.2) is 4.98 Å². The number of pyridine rings is 1. The Labute approximate surface area is 129 Å². The van der Waals surface area contributed by atoms with Crippen LogP contribution in [0.2, 0.25) is 0 Å². The van der Waals surface area contributed by atoms with E-state index >= 15 is 0 Å². The van der Waals surface area contributed by atoms with Crippen molar-refractivity contribution in [3.8, 4) is 23.1 Å². The summed E-state index contributed by atoms with van der Waals surface area (Å²) in [6, 6.07) is 7.42. The van der Waals surface area contributed by atoms with Gasteiger partial charge in [-0.2, -0.15) is 0 Å². The summed E-state index contributed by atoms with van der Waals surface area (Å²) < 4.78 is 16.6. The molecule has 4 nitrogen and oxygen atoms in total. The quantitative estimate of drug-likeness (QED) is 0.774. The van der Waals surface area contributed by atoms with Gasteiger partial charge in [0.1, 0.15) is 0 Å². The van der Waals surface area contributed by atoms with Gasteiger partial charge in [-0.1, -0.05) is 6.07 Å². The SMILES string of the molecule is COc1cccc(OC)c1Oc1nc(C)cc(C)c1CCl. The summed E-state index contributed by atoms with van der Waals surface area (Å²) in [5.74, 6) is 2.45. The molecule has 1 aromatic carbocycles. The van der Waals surface area contributed by atoms with E-state index in [4.69, 9.17) is 25.8 Å². The first-order valence-corrected chi connectivity index (χ1v) is 7.06. The highest BCUT2D eigenvalue weighted by molar-refractivity contribution is 6.17. The van der Waals surface area contributed by atoms with Crippen molar-refractivity contribution in [1.82, 2.24) is 4.98 Å². The molecule has 2 rings (SSSR count). The minimum atomic E-state index is 0.325. The maximum Gasteiger partial charge on any atom is 0.224 e. The second-order valence-electron chi connectivity index (χ2n) is 4.59. The van der Waals surface area contributed by atoms with E-state index in [-0.39, 0.29) is 0 Å². The van der Waals surface area contributed by atoms with Crippen molar-refractivity contribution in [3.63, 3.8) is 0 Å². The van der Waals surface area contributed by atoms with Crippen molar-refractivity contribution >= 4 is 11.6 Å². The van der Waals surface area contributed by atoms with Gasteiger partial charge in [-0.05, 0) is 37.6 Å². The maximum atomic E-state index is 6.02. The third-order valence-corrected chi connectivity index (χ3v) is 3.42. The number of benzene rings is 1. The largest absolute Gasteiger partial charge is 0.493 e. The average molecular weight is 308 g/mol. The zero-order valence-electron chi connectivity index (χ0n) is 12.6. The molecule has 1 aromatic heterocycles. The smallest absolute Gasteiger partial charge is 0.224 e. The molecule has 5 heteroatoms. The van der Waals surface area contributed by atoms with Crippen LogP contribution in [0.5, 0.6) is 23.1 Å². The summed E-state index contributed by atoms with van der Waals surface area (Å²) in [6.07, 6.45) is 0. The fourth-order valence-corrected chi connectivity index (χ4v) is 2.42. The maximum absolute atomic E-state index is 6.02. The Morgan fingerprint density at radius 3 is 2.24 bits per heavy atom. The molecule has 0 amide bonds. The molecular formula is C16H18ClNO3. The van der Waals surface area contributed by atoms with Crippen LogP contribution in [0.15, 0.2) is 24.3 Å². The number of aryl methyl sites for hydroxylation is 2. The first-order chi connectivity index (χ1) is 10.1. The molecule has 0 saturated carbocycles. The van der Waals surface area contributed by atoms with E-state index in [0.29, 0.717) is 29.0 Å². The number of methoxy groups -OCH3 is 2. The second kappa shape index (κ2) is 6.68. The van der Waals surface area contributed by atoms with Crippen LogP contribution < -0.4 is 14.2 Å². The van der Waals surface area contributed by atoms with E-state index in [1.807, 2.05) is 26.0 Å². The van der Waals surface area contributed by atoms with Crippen LogP contribution in [0.3, 0.4) is 0 Å². The van der Waals surface area contributed by atoms with Crippen LogP contribution >= 0.6 is 11.6 Å². The summed E-state index contributed by atoms with van der Waals surface area (Å²) >= 11 is 6.02. The minimum Gasteiger partial charge on any atom is -0.493 e. The number of alkyl halides is 1. The lowest BCUT2D eigenvalue weighted by atomic mass is 10.1. The van der Waals surface area contributed by atoms with Gasteiger partial charge in [0.2, 0.25) is 11.6 Å². The number of hydrogen-bond donors (Lipinski definition) is 0. The first kappa shape index (κ1) is 15.4. The molecule has 2 aromatic rings. The molecule has 0 aliphatic rings. The molecule has 0 saturated heterocycles. The van der Waals surface area contributed by atoms with E-state index < -0.39 is 0 Å². The normalized spacial score (nSPS) is 10.3. The molecule has 0 spiro atoms. The van der Waals surface area contributed by atoms with Crippen molar-refractivity contribution < 1.29 is 14.2 Å². The van der Waals surface area contributed by atoms with Gasteiger partial charge < -0.3 is 14.2 Å². The summed E-state index contributed by atoms with van der Waals surface area (Å²) in [5.41, 5.74) is 2.77. The highest BCUT2D eigenvalue weighted by Gasteiger charge is 2.16. The molecule has 0 atom stereocenters. The van der Waals surface area contributed by atoms with Crippen molar-refractivity contribution in [2.24, 2.45) is 0 Å². The summed E-state index contributed by atoms with van der Waals surface area (Å²) in [6.45, 7) is 3.90. The van der Waals surface area contributed by atoms with Crippen LogP contribution in [-0.4, -0.2) is 19.2 Å². The van der Waals surface area contributed by atoms with Crippen molar-refractivity contribution in [2.75, 3.05) is 14.2 Å². The Morgan fingerprint density at radius 1 is 1.10 bits per heavy atom. The fraction of sp³-hybridized carbons (Fsp3) is 0.312. The molecular weight excluding hydrogens is 290 g/mol. The predicted molar refractivity (Wildman–Crippen MR) is 82.9 cm³/mol. The number of ether oxygens (including phenoxy) is 3. The van der Waals surface area contributed by atoms with E-state index in [0.717, 1.165) is 16.8 Å². The molecule has 0 radical (unpaired) electrons. The lowest BCUT2D eigenvalue weighted by molar-refractivity contribution is 0.340. The molecule has 0 unspecified atom stereocenters. The van der Waals surface area contributed by atoms with Gasteiger partial charge in [0.05, 0.1) is 20.1 Å². The van der Waals surface area contributed by atoms with E-state index in [9.17, 15) is 0 Å². The fourth-order valence-electron chi connectivity index (χ4n) is 2.09. The summed E-state index contributed by atoms with van der Waals surface area (Å²) in [7, 11) is 3.16. The first-order valence-electron chi connectivity index (χ1n) is 6.52. The van der Waals surface area contributed by atoms with Crippen LogP contribution in [0.25, 0.3) is 0 Å². The lowest BCUT2D eigenvalue weighted by Gasteiger charge is -2.16. The Hall–Kier alpha value is -1.94. The summed E-state index contributed by atoms with van der Waals surface area (Å²) in [4.78, 5) is 4.43. The van der Waals surface area contributed by atoms with Crippen LogP contribution in [0, 0.1) is 13.8 Å². The van der Waals surface area contributed by atoms with Crippen LogP contribution in [-0.2, 0) is 5.88 Å².